The number of aliphatic hydroxyl groups excluding tert-OH is 1. The lowest BCUT2D eigenvalue weighted by Crippen LogP contribution is -2.18. The van der Waals surface area contributed by atoms with Gasteiger partial charge in [0.15, 0.2) is 0 Å². The van der Waals surface area contributed by atoms with Crippen LogP contribution in [0.1, 0.15) is 10.4 Å². The Labute approximate surface area is 108 Å². The number of carbonyl (C=O) groups excluding carboxylic acids is 2. The van der Waals surface area contributed by atoms with Crippen LogP contribution in [-0.4, -0.2) is 29.7 Å². The van der Waals surface area contributed by atoms with Crippen LogP contribution < -0.4 is 5.32 Å². The van der Waals surface area contributed by atoms with Crippen molar-refractivity contribution in [3.05, 3.63) is 46.2 Å². The number of nitrogens with one attached hydrogen (secondary N) is 1. The Bertz CT molecular complexity index is 578. The highest BCUT2D eigenvalue weighted by Crippen LogP contribution is 2.16. The fourth-order valence-corrected chi connectivity index (χ4v) is 1.66. The molecule has 5 nitrogen and oxygen atoms in total. The van der Waals surface area contributed by atoms with Gasteiger partial charge in [-0.05, 0) is 12.1 Å². The van der Waals surface area contributed by atoms with E-state index >= 15 is 0 Å². The van der Waals surface area contributed by atoms with E-state index in [2.05, 4.69) is 10.3 Å². The van der Waals surface area contributed by atoms with Crippen LogP contribution in [0.5, 0.6) is 0 Å². The highest BCUT2D eigenvalue weighted by Gasteiger charge is 2.20. The second-order valence-electron chi connectivity index (χ2n) is 3.59. The number of rotatable bonds is 2. The minimum atomic E-state index is -0.569. The summed E-state index contributed by atoms with van der Waals surface area (Å²) in [6.07, 6.45) is 1.04. The van der Waals surface area contributed by atoms with Gasteiger partial charge in [0.25, 0.3) is 11.8 Å². The molecule has 0 spiro atoms. The maximum absolute atomic E-state index is 11.7. The maximum atomic E-state index is 11.7. The first-order chi connectivity index (χ1) is 8.59. The molecule has 0 unspecified atom stereocenters. The van der Waals surface area contributed by atoms with Crippen molar-refractivity contribution in [1.82, 2.24) is 5.32 Å². The normalized spacial score (nSPS) is 15.3. The fourth-order valence-electron chi connectivity index (χ4n) is 1.45. The molecule has 92 valence electrons. The van der Waals surface area contributed by atoms with Crippen molar-refractivity contribution in [1.29, 1.82) is 0 Å². The third kappa shape index (κ3) is 2.41. The molecule has 0 fully saturated rings. The van der Waals surface area contributed by atoms with Crippen LogP contribution in [0.4, 0.5) is 0 Å². The van der Waals surface area contributed by atoms with E-state index < -0.39 is 11.8 Å². The summed E-state index contributed by atoms with van der Waals surface area (Å²) >= 11 is 5.84. The molecule has 2 rings (SSSR count). The van der Waals surface area contributed by atoms with Crippen molar-refractivity contribution in [2.45, 2.75) is 0 Å². The van der Waals surface area contributed by atoms with E-state index in [4.69, 9.17) is 11.6 Å². The first-order valence-corrected chi connectivity index (χ1v) is 5.50. The SMILES string of the molecule is O=C1NCC(O)=C1C=NC(=O)c1ccccc1Cl. The van der Waals surface area contributed by atoms with Crippen molar-refractivity contribution in [3.8, 4) is 0 Å². The van der Waals surface area contributed by atoms with E-state index in [9.17, 15) is 14.7 Å². The Kier molecular flexibility index (Phi) is 3.43. The molecule has 1 aliphatic heterocycles. The van der Waals surface area contributed by atoms with Crippen LogP contribution in [0.3, 0.4) is 0 Å². The number of halogens is 1. The molecule has 18 heavy (non-hydrogen) atoms. The molecular formula is C12H9ClN2O3. The minimum absolute atomic E-state index is 0.00426. The predicted octanol–water partition coefficient (Wildman–Crippen LogP) is 1.49. The number of aliphatic hydroxyl groups is 1. The van der Waals surface area contributed by atoms with Crippen LogP contribution in [0.2, 0.25) is 5.02 Å². The summed E-state index contributed by atoms with van der Waals surface area (Å²) in [6.45, 7) is 0.0560. The maximum Gasteiger partial charge on any atom is 0.278 e. The third-order valence-corrected chi connectivity index (χ3v) is 2.72. The van der Waals surface area contributed by atoms with Crippen LogP contribution in [0.15, 0.2) is 40.6 Å². The molecule has 0 atom stereocenters. The zero-order valence-corrected chi connectivity index (χ0v) is 9.94. The third-order valence-electron chi connectivity index (χ3n) is 2.39. The summed E-state index contributed by atoms with van der Waals surface area (Å²) in [5.41, 5.74) is 0.240. The van der Waals surface area contributed by atoms with Gasteiger partial charge in [0.2, 0.25) is 0 Å². The summed E-state index contributed by atoms with van der Waals surface area (Å²) in [7, 11) is 0. The van der Waals surface area contributed by atoms with E-state index in [1.165, 1.54) is 6.07 Å². The van der Waals surface area contributed by atoms with E-state index in [1.54, 1.807) is 18.2 Å². The highest BCUT2D eigenvalue weighted by molar-refractivity contribution is 6.34. The minimum Gasteiger partial charge on any atom is -0.510 e. The van der Waals surface area contributed by atoms with E-state index in [0.29, 0.717) is 0 Å². The Morgan fingerprint density at radius 2 is 2.17 bits per heavy atom. The zero-order chi connectivity index (χ0) is 13.1. The summed E-state index contributed by atoms with van der Waals surface area (Å²) in [6, 6.07) is 6.46. The van der Waals surface area contributed by atoms with Crippen LogP contribution in [0, 0.1) is 0 Å². The van der Waals surface area contributed by atoms with Gasteiger partial charge in [-0.1, -0.05) is 23.7 Å². The molecule has 6 heteroatoms. The number of hydrogen-bond donors (Lipinski definition) is 2. The average molecular weight is 265 g/mol. The van der Waals surface area contributed by atoms with Gasteiger partial charge in [0.1, 0.15) is 5.76 Å². The lowest BCUT2D eigenvalue weighted by atomic mass is 10.2. The average Bonchev–Trinajstić information content (AvgIpc) is 2.67. The molecule has 1 aliphatic rings. The van der Waals surface area contributed by atoms with Gasteiger partial charge < -0.3 is 10.4 Å². The van der Waals surface area contributed by atoms with Gasteiger partial charge in [-0.2, -0.15) is 0 Å². The molecule has 0 aromatic heterocycles. The first kappa shape index (κ1) is 12.3. The van der Waals surface area contributed by atoms with E-state index in [0.717, 1.165) is 6.21 Å². The highest BCUT2D eigenvalue weighted by atomic mass is 35.5. The van der Waals surface area contributed by atoms with E-state index in [-0.39, 0.29) is 28.5 Å². The van der Waals surface area contributed by atoms with Gasteiger partial charge in [-0.15, -0.1) is 0 Å². The second-order valence-corrected chi connectivity index (χ2v) is 3.99. The summed E-state index contributed by atoms with van der Waals surface area (Å²) in [4.78, 5) is 26.6. The molecule has 0 bridgehead atoms. The van der Waals surface area contributed by atoms with Gasteiger partial charge in [-0.3, -0.25) is 9.59 Å². The molecule has 2 N–H and O–H groups in total. The van der Waals surface area contributed by atoms with Crippen molar-refractivity contribution in [2.75, 3.05) is 6.54 Å². The van der Waals surface area contributed by atoms with Crippen LogP contribution in [0.25, 0.3) is 0 Å². The second kappa shape index (κ2) is 5.01. The molecular weight excluding hydrogens is 256 g/mol. The number of benzene rings is 1. The molecule has 1 heterocycles. The summed E-state index contributed by atoms with van der Waals surface area (Å²) < 4.78 is 0. The van der Waals surface area contributed by atoms with Crippen molar-refractivity contribution >= 4 is 29.6 Å². The standard InChI is InChI=1S/C12H9ClN2O3/c13-9-4-2-1-3-7(9)11(17)14-5-8-10(16)6-15-12(8)18/h1-5,16H,6H2,(H,15,18). The lowest BCUT2D eigenvalue weighted by molar-refractivity contribution is -0.116. The first-order valence-electron chi connectivity index (χ1n) is 5.13. The smallest absolute Gasteiger partial charge is 0.278 e. The monoisotopic (exact) mass is 264 g/mol. The molecule has 0 radical (unpaired) electrons. The number of carbonyl (C=O) groups is 2. The van der Waals surface area contributed by atoms with Crippen molar-refractivity contribution in [3.63, 3.8) is 0 Å². The van der Waals surface area contributed by atoms with Crippen molar-refractivity contribution in [2.24, 2.45) is 4.99 Å². The Hall–Kier alpha value is -2.14. The zero-order valence-electron chi connectivity index (χ0n) is 9.18. The van der Waals surface area contributed by atoms with Gasteiger partial charge in [0.05, 0.1) is 22.7 Å². The number of nitrogens with zero attached hydrogens (tertiary/aromatic N) is 1. The van der Waals surface area contributed by atoms with Gasteiger partial charge in [-0.25, -0.2) is 4.99 Å². The molecule has 1 aromatic rings. The van der Waals surface area contributed by atoms with Crippen molar-refractivity contribution < 1.29 is 14.7 Å². The van der Waals surface area contributed by atoms with Crippen LogP contribution >= 0.6 is 11.6 Å². The molecule has 0 aliphatic carbocycles. The molecule has 1 aromatic carbocycles. The topological polar surface area (TPSA) is 78.8 Å². The van der Waals surface area contributed by atoms with Crippen LogP contribution in [-0.2, 0) is 4.79 Å². The fraction of sp³-hybridized carbons (Fsp3) is 0.0833. The summed E-state index contributed by atoms with van der Waals surface area (Å²) in [5, 5.41) is 12.1. The van der Waals surface area contributed by atoms with E-state index in [1.807, 2.05) is 0 Å². The number of amides is 2. The number of aliphatic imine (C=N–C) groups is 1. The molecule has 0 saturated carbocycles. The summed E-state index contributed by atoms with van der Waals surface area (Å²) in [5.74, 6) is -1.15. The molecule has 2 amide bonds. The molecule has 0 saturated heterocycles. The Morgan fingerprint density at radius 3 is 2.78 bits per heavy atom. The number of hydrogen-bond acceptors (Lipinski definition) is 3. The Morgan fingerprint density at radius 1 is 1.44 bits per heavy atom. The van der Waals surface area contributed by atoms with Gasteiger partial charge >= 0.3 is 0 Å². The Balaban J connectivity index is 2.21. The van der Waals surface area contributed by atoms with Gasteiger partial charge in [0, 0.05) is 6.21 Å². The predicted molar refractivity (Wildman–Crippen MR) is 66.9 cm³/mol. The quantitative estimate of drug-likeness (QED) is 0.795. The largest absolute Gasteiger partial charge is 0.510 e. The lowest BCUT2D eigenvalue weighted by Gasteiger charge is -1.97.